The fourth-order valence-corrected chi connectivity index (χ4v) is 4.83. The van der Waals surface area contributed by atoms with Gasteiger partial charge in [0.15, 0.2) is 0 Å². The van der Waals surface area contributed by atoms with Gasteiger partial charge in [0.25, 0.3) is 0 Å². The number of nitrogens with zero attached hydrogens (tertiary/aromatic N) is 1. The number of benzene rings is 1. The Kier molecular flexibility index (Phi) is 3.00. The summed E-state index contributed by atoms with van der Waals surface area (Å²) in [5.74, 6) is 0.276. The lowest BCUT2D eigenvalue weighted by Crippen LogP contribution is -2.38. The van der Waals surface area contributed by atoms with Gasteiger partial charge in [-0.15, -0.1) is 0 Å². The second kappa shape index (κ2) is 4.66. The molecule has 4 atom stereocenters. The molecule has 1 saturated carbocycles. The molecule has 0 N–H and O–H groups in total. The average molecular weight is 393 g/mol. The number of anilines is 1. The fourth-order valence-electron chi connectivity index (χ4n) is 4.18. The van der Waals surface area contributed by atoms with Crippen LogP contribution in [0.15, 0.2) is 30.4 Å². The maximum Gasteiger partial charge on any atom is 0.238 e. The van der Waals surface area contributed by atoms with E-state index in [4.69, 9.17) is 0 Å². The van der Waals surface area contributed by atoms with Crippen LogP contribution in [0.2, 0.25) is 0 Å². The zero-order valence-electron chi connectivity index (χ0n) is 11.8. The van der Waals surface area contributed by atoms with Gasteiger partial charge >= 0.3 is 0 Å². The van der Waals surface area contributed by atoms with Crippen LogP contribution in [-0.2, 0) is 9.59 Å². The zero-order valence-corrected chi connectivity index (χ0v) is 13.9. The number of hydrogen-bond donors (Lipinski definition) is 0. The highest BCUT2D eigenvalue weighted by Crippen LogP contribution is 2.50. The standard InChI is InChI=1S/C17H16INO2/c1-9-8-12(18)6-7-13(9)19-16(20)14-10-2-3-11(5-4-10)15(14)17(19)21/h2-3,6-8,10-11,14-15H,4-5H2,1H3/t10-,11-,14-,15+/m1/s1. The van der Waals surface area contributed by atoms with Gasteiger partial charge < -0.3 is 0 Å². The Morgan fingerprint density at radius 2 is 1.62 bits per heavy atom. The normalized spacial score (nSPS) is 33.7. The van der Waals surface area contributed by atoms with Crippen molar-refractivity contribution in [1.82, 2.24) is 0 Å². The molecule has 2 amide bonds. The van der Waals surface area contributed by atoms with E-state index in [1.54, 1.807) is 0 Å². The van der Waals surface area contributed by atoms with Crippen LogP contribution in [0.25, 0.3) is 0 Å². The van der Waals surface area contributed by atoms with Crippen molar-refractivity contribution in [3.05, 3.63) is 39.5 Å². The third-order valence-electron chi connectivity index (χ3n) is 5.16. The maximum atomic E-state index is 12.8. The van der Waals surface area contributed by atoms with E-state index in [0.717, 1.165) is 27.7 Å². The second-order valence-corrected chi connectivity index (χ2v) is 7.53. The molecule has 108 valence electrons. The van der Waals surface area contributed by atoms with Crippen molar-refractivity contribution in [3.63, 3.8) is 0 Å². The molecule has 21 heavy (non-hydrogen) atoms. The van der Waals surface area contributed by atoms with Crippen molar-refractivity contribution in [2.75, 3.05) is 4.90 Å². The summed E-state index contributed by atoms with van der Waals surface area (Å²) in [6.07, 6.45) is 6.40. The average Bonchev–Trinajstić information content (AvgIpc) is 2.75. The van der Waals surface area contributed by atoms with Crippen LogP contribution in [0, 0.1) is 34.2 Å². The highest BCUT2D eigenvalue weighted by molar-refractivity contribution is 14.1. The van der Waals surface area contributed by atoms with E-state index in [2.05, 4.69) is 34.7 Å². The number of allylic oxidation sites excluding steroid dienone is 2. The minimum Gasteiger partial charge on any atom is -0.274 e. The predicted molar refractivity (Wildman–Crippen MR) is 88.7 cm³/mol. The predicted octanol–water partition coefficient (Wildman–Crippen LogP) is 3.30. The van der Waals surface area contributed by atoms with Crippen LogP contribution in [0.3, 0.4) is 0 Å². The lowest BCUT2D eigenvalue weighted by molar-refractivity contribution is -0.124. The molecular formula is C17H16INO2. The quantitative estimate of drug-likeness (QED) is 0.417. The van der Waals surface area contributed by atoms with Gasteiger partial charge in [-0.1, -0.05) is 12.2 Å². The van der Waals surface area contributed by atoms with Gasteiger partial charge in [-0.25, -0.2) is 4.90 Å². The van der Waals surface area contributed by atoms with Crippen molar-refractivity contribution < 1.29 is 9.59 Å². The molecule has 0 radical (unpaired) electrons. The number of carbonyl (C=O) groups is 2. The Morgan fingerprint density at radius 1 is 1.05 bits per heavy atom. The van der Waals surface area contributed by atoms with Crippen LogP contribution in [0.4, 0.5) is 5.69 Å². The van der Waals surface area contributed by atoms with Gasteiger partial charge in [-0.3, -0.25) is 9.59 Å². The molecule has 4 aliphatic rings. The number of halogens is 1. The van der Waals surface area contributed by atoms with Crippen LogP contribution >= 0.6 is 22.6 Å². The van der Waals surface area contributed by atoms with Crippen molar-refractivity contribution >= 4 is 40.1 Å². The third-order valence-corrected chi connectivity index (χ3v) is 5.83. The summed E-state index contributed by atoms with van der Waals surface area (Å²) in [4.78, 5) is 27.2. The van der Waals surface area contributed by atoms with Crippen LogP contribution in [0.1, 0.15) is 18.4 Å². The van der Waals surface area contributed by atoms with Crippen molar-refractivity contribution in [1.29, 1.82) is 0 Å². The van der Waals surface area contributed by atoms with E-state index in [0.29, 0.717) is 0 Å². The molecule has 1 aromatic rings. The summed E-state index contributed by atoms with van der Waals surface area (Å²) in [6.45, 7) is 1.97. The summed E-state index contributed by atoms with van der Waals surface area (Å²) < 4.78 is 1.12. The number of fused-ring (bicyclic) bond motifs is 1. The molecule has 0 aromatic heterocycles. The molecule has 4 heteroatoms. The smallest absolute Gasteiger partial charge is 0.238 e. The zero-order chi connectivity index (χ0) is 14.7. The van der Waals surface area contributed by atoms with E-state index in [9.17, 15) is 9.59 Å². The number of amides is 2. The van der Waals surface area contributed by atoms with Crippen LogP contribution in [-0.4, -0.2) is 11.8 Å². The van der Waals surface area contributed by atoms with E-state index >= 15 is 0 Å². The SMILES string of the molecule is Cc1cc(I)ccc1N1C(=O)[C@@H]2[C@H](C1=O)[C@@H]1C=C[C@@H]2CC1. The lowest BCUT2D eigenvalue weighted by atomic mass is 9.63. The fraction of sp³-hybridized carbons (Fsp3) is 0.412. The first-order valence-electron chi connectivity index (χ1n) is 7.40. The molecule has 3 aliphatic carbocycles. The summed E-state index contributed by atoms with van der Waals surface area (Å²) in [7, 11) is 0. The van der Waals surface area contributed by atoms with Gasteiger partial charge in [0.2, 0.25) is 11.8 Å². The molecule has 5 rings (SSSR count). The molecule has 2 bridgehead atoms. The van der Waals surface area contributed by atoms with Gasteiger partial charge in [-0.2, -0.15) is 0 Å². The highest BCUT2D eigenvalue weighted by Gasteiger charge is 2.56. The molecular weight excluding hydrogens is 377 g/mol. The number of hydrogen-bond acceptors (Lipinski definition) is 2. The molecule has 1 aromatic carbocycles. The Labute approximate surface area is 137 Å². The maximum absolute atomic E-state index is 12.8. The molecule has 0 spiro atoms. The van der Waals surface area contributed by atoms with E-state index in [1.807, 2.05) is 25.1 Å². The minimum absolute atomic E-state index is 0.00774. The largest absolute Gasteiger partial charge is 0.274 e. The minimum atomic E-state index is -0.125. The van der Waals surface area contributed by atoms with Crippen molar-refractivity contribution in [2.45, 2.75) is 19.8 Å². The molecule has 0 unspecified atom stereocenters. The Morgan fingerprint density at radius 3 is 2.10 bits per heavy atom. The summed E-state index contributed by atoms with van der Waals surface area (Å²) in [5, 5.41) is 0. The van der Waals surface area contributed by atoms with Gasteiger partial charge in [0.05, 0.1) is 17.5 Å². The topological polar surface area (TPSA) is 37.4 Å². The summed E-state index contributed by atoms with van der Waals surface area (Å²) >= 11 is 2.25. The Balaban J connectivity index is 1.78. The number of aryl methyl sites for hydroxylation is 1. The van der Waals surface area contributed by atoms with E-state index in [1.165, 1.54) is 4.90 Å². The first-order valence-corrected chi connectivity index (χ1v) is 8.48. The molecule has 1 saturated heterocycles. The number of carbonyl (C=O) groups excluding carboxylic acids is 2. The van der Waals surface area contributed by atoms with Crippen molar-refractivity contribution in [3.8, 4) is 0 Å². The first-order chi connectivity index (χ1) is 10.1. The second-order valence-electron chi connectivity index (χ2n) is 6.28. The summed E-state index contributed by atoms with van der Waals surface area (Å²) in [5.41, 5.74) is 1.75. The number of imide groups is 1. The third kappa shape index (κ3) is 1.84. The van der Waals surface area contributed by atoms with Crippen LogP contribution < -0.4 is 4.90 Å². The molecule has 1 heterocycles. The molecule has 2 fully saturated rings. The monoisotopic (exact) mass is 393 g/mol. The van der Waals surface area contributed by atoms with Gasteiger partial charge in [-0.05, 0) is 78.0 Å². The first kappa shape index (κ1) is 13.5. The van der Waals surface area contributed by atoms with Crippen molar-refractivity contribution in [2.24, 2.45) is 23.7 Å². The number of rotatable bonds is 1. The van der Waals surface area contributed by atoms with Gasteiger partial charge in [0.1, 0.15) is 0 Å². The van der Waals surface area contributed by atoms with Crippen LogP contribution in [0.5, 0.6) is 0 Å². The van der Waals surface area contributed by atoms with E-state index < -0.39 is 0 Å². The highest BCUT2D eigenvalue weighted by atomic mass is 127. The van der Waals surface area contributed by atoms with Gasteiger partial charge in [0, 0.05) is 3.57 Å². The van der Waals surface area contributed by atoms with E-state index in [-0.39, 0.29) is 35.5 Å². The summed E-state index contributed by atoms with van der Waals surface area (Å²) in [6, 6.07) is 5.88. The Bertz CT molecular complexity index is 649. The molecule has 1 aliphatic heterocycles. The lowest BCUT2D eigenvalue weighted by Gasteiger charge is -2.38. The Hall–Kier alpha value is -1.17. The molecule has 3 nitrogen and oxygen atoms in total.